The van der Waals surface area contributed by atoms with Gasteiger partial charge in [-0.15, -0.1) is 11.8 Å². The van der Waals surface area contributed by atoms with Gasteiger partial charge in [-0.05, 0) is 36.2 Å². The quantitative estimate of drug-likeness (QED) is 0.905. The van der Waals surface area contributed by atoms with Gasteiger partial charge in [-0.25, -0.2) is 4.79 Å². The molecule has 3 rings (SSSR count). The van der Waals surface area contributed by atoms with Gasteiger partial charge in [0.2, 0.25) is 5.91 Å². The number of thioether (sulfide) groups is 1. The highest BCUT2D eigenvalue weighted by Crippen LogP contribution is 2.31. The number of para-hydroxylation sites is 1. The van der Waals surface area contributed by atoms with E-state index in [9.17, 15) is 9.59 Å². The number of carbonyl (C=O) groups excluding carboxylic acids is 2. The summed E-state index contributed by atoms with van der Waals surface area (Å²) in [6.07, 6.45) is 0.190. The fourth-order valence-corrected chi connectivity index (χ4v) is 3.01. The van der Waals surface area contributed by atoms with Crippen LogP contribution in [0.5, 0.6) is 5.75 Å². The molecule has 0 spiro atoms. The summed E-state index contributed by atoms with van der Waals surface area (Å²) < 4.78 is 5.15. The second kappa shape index (κ2) is 7.19. The number of fused-ring (bicyclic) bond motifs is 1. The third kappa shape index (κ3) is 4.26. The van der Waals surface area contributed by atoms with Gasteiger partial charge in [0.1, 0.15) is 5.75 Å². The van der Waals surface area contributed by atoms with E-state index in [0.717, 1.165) is 16.1 Å². The van der Waals surface area contributed by atoms with Crippen molar-refractivity contribution in [1.29, 1.82) is 0 Å². The van der Waals surface area contributed by atoms with Crippen molar-refractivity contribution in [1.82, 2.24) is 5.32 Å². The van der Waals surface area contributed by atoms with Gasteiger partial charge in [-0.2, -0.15) is 0 Å². The lowest BCUT2D eigenvalue weighted by molar-refractivity contribution is -0.113. The molecule has 0 atom stereocenters. The average molecular weight is 328 g/mol. The number of benzene rings is 2. The van der Waals surface area contributed by atoms with Crippen molar-refractivity contribution in [3.63, 3.8) is 0 Å². The topological polar surface area (TPSA) is 67.4 Å². The Kier molecular flexibility index (Phi) is 4.83. The number of rotatable bonds is 4. The van der Waals surface area contributed by atoms with E-state index in [1.807, 2.05) is 36.4 Å². The van der Waals surface area contributed by atoms with Crippen molar-refractivity contribution in [3.05, 3.63) is 54.1 Å². The van der Waals surface area contributed by atoms with Gasteiger partial charge < -0.3 is 15.4 Å². The molecule has 118 valence electrons. The number of anilines is 1. The average Bonchev–Trinajstić information content (AvgIpc) is 2.55. The molecule has 2 N–H and O–H groups in total. The van der Waals surface area contributed by atoms with E-state index in [0.29, 0.717) is 24.5 Å². The van der Waals surface area contributed by atoms with E-state index in [1.54, 1.807) is 12.1 Å². The summed E-state index contributed by atoms with van der Waals surface area (Å²) >= 11 is 1.53. The summed E-state index contributed by atoms with van der Waals surface area (Å²) in [4.78, 5) is 24.2. The maximum absolute atomic E-state index is 11.7. The fourth-order valence-electron chi connectivity index (χ4n) is 2.23. The second-order valence-corrected chi connectivity index (χ2v) is 6.06. The van der Waals surface area contributed by atoms with Gasteiger partial charge >= 0.3 is 6.09 Å². The largest absolute Gasteiger partial charge is 0.412 e. The Labute approximate surface area is 138 Å². The predicted octanol–water partition coefficient (Wildman–Crippen LogP) is 3.06. The van der Waals surface area contributed by atoms with Gasteiger partial charge in [0.25, 0.3) is 0 Å². The third-order valence-corrected chi connectivity index (χ3v) is 4.39. The molecule has 0 saturated heterocycles. The smallest absolute Gasteiger partial charge is 0.410 e. The Morgan fingerprint density at radius 2 is 2.04 bits per heavy atom. The first-order valence-electron chi connectivity index (χ1n) is 7.27. The second-order valence-electron chi connectivity index (χ2n) is 5.05. The molecule has 0 radical (unpaired) electrons. The minimum atomic E-state index is -0.474. The highest BCUT2D eigenvalue weighted by Gasteiger charge is 2.15. The molecule has 0 fully saturated rings. The molecule has 23 heavy (non-hydrogen) atoms. The minimum Gasteiger partial charge on any atom is -0.410 e. The molecule has 0 unspecified atom stereocenters. The molecule has 1 aliphatic heterocycles. The Morgan fingerprint density at radius 1 is 1.22 bits per heavy atom. The van der Waals surface area contributed by atoms with Crippen LogP contribution in [0.4, 0.5) is 10.5 Å². The lowest BCUT2D eigenvalue weighted by atomic mass is 10.1. The van der Waals surface area contributed by atoms with Crippen LogP contribution in [-0.2, 0) is 11.2 Å². The van der Waals surface area contributed by atoms with Crippen LogP contribution in [0.1, 0.15) is 5.56 Å². The van der Waals surface area contributed by atoms with E-state index >= 15 is 0 Å². The molecule has 0 saturated carbocycles. The Morgan fingerprint density at radius 3 is 2.87 bits per heavy atom. The fraction of sp³-hybridized carbons (Fsp3) is 0.176. The lowest BCUT2D eigenvalue weighted by Gasteiger charge is -2.17. The van der Waals surface area contributed by atoms with Crippen LogP contribution < -0.4 is 15.4 Å². The molecular formula is C17H16N2O3S. The summed E-state index contributed by atoms with van der Waals surface area (Å²) in [5, 5.41) is 5.58. The highest BCUT2D eigenvalue weighted by molar-refractivity contribution is 8.00. The zero-order valence-corrected chi connectivity index (χ0v) is 13.2. The Hall–Kier alpha value is -2.47. The van der Waals surface area contributed by atoms with Gasteiger partial charge in [0, 0.05) is 11.4 Å². The molecule has 2 aromatic rings. The first-order chi connectivity index (χ1) is 11.2. The van der Waals surface area contributed by atoms with E-state index in [4.69, 9.17) is 4.74 Å². The number of hydrogen-bond donors (Lipinski definition) is 2. The Bertz CT molecular complexity index is 719. The summed E-state index contributed by atoms with van der Waals surface area (Å²) in [7, 11) is 0. The highest BCUT2D eigenvalue weighted by atomic mass is 32.2. The van der Waals surface area contributed by atoms with Crippen LogP contribution in [0.3, 0.4) is 0 Å². The standard InChI is InChI=1S/C17H16N2O3S/c20-16-11-23-15-7-6-12(10-14(15)19-16)8-9-18-17(21)22-13-4-2-1-3-5-13/h1-7,10H,8-9,11H2,(H,18,21)(H,19,20). The Balaban J connectivity index is 1.50. The summed E-state index contributed by atoms with van der Waals surface area (Å²) in [6.45, 7) is 0.464. The van der Waals surface area contributed by atoms with Crippen molar-refractivity contribution in [3.8, 4) is 5.75 Å². The molecular weight excluding hydrogens is 312 g/mol. The monoisotopic (exact) mass is 328 g/mol. The first kappa shape index (κ1) is 15.4. The molecule has 0 bridgehead atoms. The SMILES string of the molecule is O=C1CSc2ccc(CCNC(=O)Oc3ccccc3)cc2N1. The van der Waals surface area contributed by atoms with Gasteiger partial charge in [0.15, 0.2) is 0 Å². The van der Waals surface area contributed by atoms with Crippen LogP contribution in [0.2, 0.25) is 0 Å². The predicted molar refractivity (Wildman–Crippen MR) is 90.0 cm³/mol. The van der Waals surface area contributed by atoms with E-state index in [2.05, 4.69) is 10.6 Å². The number of ether oxygens (including phenoxy) is 1. The molecule has 1 heterocycles. The molecule has 2 amide bonds. The number of amides is 2. The molecule has 6 heteroatoms. The normalized spacial score (nSPS) is 13.0. The van der Waals surface area contributed by atoms with Gasteiger partial charge in [-0.3, -0.25) is 4.79 Å². The number of carbonyl (C=O) groups is 2. The maximum Gasteiger partial charge on any atom is 0.412 e. The molecule has 0 aliphatic carbocycles. The minimum absolute atomic E-state index is 0.0178. The summed E-state index contributed by atoms with van der Waals surface area (Å²) in [5.41, 5.74) is 1.89. The van der Waals surface area contributed by atoms with E-state index in [-0.39, 0.29) is 5.91 Å². The molecule has 5 nitrogen and oxygen atoms in total. The van der Waals surface area contributed by atoms with Crippen LogP contribution in [0.15, 0.2) is 53.4 Å². The van der Waals surface area contributed by atoms with Crippen LogP contribution in [0.25, 0.3) is 0 Å². The van der Waals surface area contributed by atoms with E-state index < -0.39 is 6.09 Å². The zero-order chi connectivity index (χ0) is 16.1. The van der Waals surface area contributed by atoms with Crippen molar-refractivity contribution in [2.75, 3.05) is 17.6 Å². The molecule has 1 aliphatic rings. The van der Waals surface area contributed by atoms with Crippen LogP contribution in [0, 0.1) is 0 Å². The number of nitrogens with one attached hydrogen (secondary N) is 2. The van der Waals surface area contributed by atoms with Gasteiger partial charge in [-0.1, -0.05) is 24.3 Å². The van der Waals surface area contributed by atoms with Crippen LogP contribution in [-0.4, -0.2) is 24.3 Å². The van der Waals surface area contributed by atoms with Crippen molar-refractivity contribution in [2.45, 2.75) is 11.3 Å². The summed E-state index contributed by atoms with van der Waals surface area (Å²) in [5.74, 6) is 0.988. The van der Waals surface area contributed by atoms with E-state index in [1.165, 1.54) is 11.8 Å². The zero-order valence-electron chi connectivity index (χ0n) is 12.4. The van der Waals surface area contributed by atoms with Crippen molar-refractivity contribution in [2.24, 2.45) is 0 Å². The lowest BCUT2D eigenvalue weighted by Crippen LogP contribution is -2.28. The summed E-state index contributed by atoms with van der Waals surface area (Å²) in [6, 6.07) is 14.9. The van der Waals surface area contributed by atoms with Crippen molar-refractivity contribution < 1.29 is 14.3 Å². The number of hydrogen-bond acceptors (Lipinski definition) is 4. The maximum atomic E-state index is 11.7. The molecule has 2 aromatic carbocycles. The van der Waals surface area contributed by atoms with Crippen LogP contribution >= 0.6 is 11.8 Å². The first-order valence-corrected chi connectivity index (χ1v) is 8.25. The molecule has 0 aromatic heterocycles. The van der Waals surface area contributed by atoms with Crippen molar-refractivity contribution >= 4 is 29.4 Å². The van der Waals surface area contributed by atoms with Gasteiger partial charge in [0.05, 0.1) is 11.4 Å². The third-order valence-electron chi connectivity index (χ3n) is 3.31.